The maximum atomic E-state index is 11.2. The predicted octanol–water partition coefficient (Wildman–Crippen LogP) is 2.61. The van der Waals surface area contributed by atoms with Crippen molar-refractivity contribution in [1.29, 1.82) is 0 Å². The van der Waals surface area contributed by atoms with Crippen LogP contribution in [0.1, 0.15) is 21.8 Å². The van der Waals surface area contributed by atoms with E-state index in [-0.39, 0.29) is 5.92 Å². The number of hydrogen-bond acceptors (Lipinski definition) is 3. The van der Waals surface area contributed by atoms with Gasteiger partial charge in [-0.1, -0.05) is 12.1 Å². The van der Waals surface area contributed by atoms with Crippen LogP contribution in [0.2, 0.25) is 0 Å². The topological polar surface area (TPSA) is 29.5 Å². The third-order valence-corrected chi connectivity index (χ3v) is 3.12. The zero-order valence-electron chi connectivity index (χ0n) is 10.9. The monoisotopic (exact) mass is 243 g/mol. The van der Waals surface area contributed by atoms with Crippen LogP contribution in [0.3, 0.4) is 0 Å². The van der Waals surface area contributed by atoms with Crippen LogP contribution in [0, 0.1) is 0 Å². The molecule has 0 aromatic heterocycles. The molecule has 0 heterocycles. The van der Waals surface area contributed by atoms with E-state index in [0.29, 0.717) is 11.3 Å². The second kappa shape index (κ2) is 5.08. The molecular weight excluding hydrogens is 226 g/mol. The number of methoxy groups -OCH3 is 1. The molecule has 3 heteroatoms. The van der Waals surface area contributed by atoms with E-state index in [0.717, 1.165) is 17.5 Å². The number of hydrogen-bond donors (Lipinski definition) is 0. The van der Waals surface area contributed by atoms with Gasteiger partial charge in [0.1, 0.15) is 12.0 Å². The van der Waals surface area contributed by atoms with Crippen molar-refractivity contribution in [3.05, 3.63) is 53.3 Å². The number of aldehydes is 1. The van der Waals surface area contributed by atoms with Crippen molar-refractivity contribution in [2.24, 2.45) is 0 Å². The van der Waals surface area contributed by atoms with Crippen LogP contribution in [0.4, 0.5) is 0 Å². The summed E-state index contributed by atoms with van der Waals surface area (Å²) in [6.45, 7) is 0. The number of carbonyl (C=O) groups excluding carboxylic acids is 1. The molecule has 1 aromatic rings. The second-order valence-electron chi connectivity index (χ2n) is 4.48. The van der Waals surface area contributed by atoms with Crippen molar-refractivity contribution < 1.29 is 9.53 Å². The van der Waals surface area contributed by atoms with E-state index in [1.54, 1.807) is 13.2 Å². The summed E-state index contributed by atoms with van der Waals surface area (Å²) in [7, 11) is 5.61. The van der Waals surface area contributed by atoms with Crippen molar-refractivity contribution >= 4 is 6.29 Å². The molecule has 1 aliphatic carbocycles. The Balaban J connectivity index is 2.35. The van der Waals surface area contributed by atoms with E-state index in [2.05, 4.69) is 23.1 Å². The van der Waals surface area contributed by atoms with Gasteiger partial charge in [-0.15, -0.1) is 0 Å². The SMILES string of the molecule is COc1ccc(C2C=CC(N(C)C)=C2)c(C=O)c1. The van der Waals surface area contributed by atoms with Crippen LogP contribution in [0.5, 0.6) is 5.75 Å². The highest BCUT2D eigenvalue weighted by Gasteiger charge is 2.16. The van der Waals surface area contributed by atoms with Crippen LogP contribution in [-0.2, 0) is 0 Å². The summed E-state index contributed by atoms with van der Waals surface area (Å²) in [6, 6.07) is 5.61. The van der Waals surface area contributed by atoms with Gasteiger partial charge < -0.3 is 9.64 Å². The number of nitrogens with zero attached hydrogens (tertiary/aromatic N) is 1. The van der Waals surface area contributed by atoms with Crippen molar-refractivity contribution in [2.75, 3.05) is 21.2 Å². The molecule has 0 radical (unpaired) electrons. The van der Waals surface area contributed by atoms with E-state index in [1.165, 1.54) is 0 Å². The number of carbonyl (C=O) groups is 1. The van der Waals surface area contributed by atoms with Crippen molar-refractivity contribution in [1.82, 2.24) is 4.90 Å². The third kappa shape index (κ3) is 2.30. The zero-order valence-corrected chi connectivity index (χ0v) is 10.9. The Labute approximate surface area is 107 Å². The number of allylic oxidation sites excluding steroid dienone is 3. The Morgan fingerprint density at radius 1 is 1.33 bits per heavy atom. The molecule has 0 spiro atoms. The van der Waals surface area contributed by atoms with Crippen molar-refractivity contribution in [3.63, 3.8) is 0 Å². The van der Waals surface area contributed by atoms with E-state index in [1.807, 2.05) is 26.2 Å². The third-order valence-electron chi connectivity index (χ3n) is 3.12. The lowest BCUT2D eigenvalue weighted by Gasteiger charge is -2.13. The first kappa shape index (κ1) is 12.4. The lowest BCUT2D eigenvalue weighted by atomic mass is 9.95. The highest BCUT2D eigenvalue weighted by molar-refractivity contribution is 5.79. The Bertz CT molecular complexity index is 515. The Kier molecular flexibility index (Phi) is 3.51. The average molecular weight is 243 g/mol. The minimum Gasteiger partial charge on any atom is -0.497 e. The van der Waals surface area contributed by atoms with E-state index >= 15 is 0 Å². The first-order chi connectivity index (χ1) is 8.65. The second-order valence-corrected chi connectivity index (χ2v) is 4.48. The highest BCUT2D eigenvalue weighted by Crippen LogP contribution is 2.30. The molecule has 94 valence electrons. The summed E-state index contributed by atoms with van der Waals surface area (Å²) in [5, 5.41) is 0. The molecule has 1 aliphatic rings. The molecule has 0 amide bonds. The van der Waals surface area contributed by atoms with Gasteiger partial charge in [0, 0.05) is 31.3 Å². The lowest BCUT2D eigenvalue weighted by molar-refractivity contribution is 0.112. The first-order valence-electron chi connectivity index (χ1n) is 5.86. The molecular formula is C15H17NO2. The highest BCUT2D eigenvalue weighted by atomic mass is 16.5. The lowest BCUT2D eigenvalue weighted by Crippen LogP contribution is -2.07. The van der Waals surface area contributed by atoms with Crippen molar-refractivity contribution in [3.8, 4) is 5.75 Å². The summed E-state index contributed by atoms with van der Waals surface area (Å²) >= 11 is 0. The van der Waals surface area contributed by atoms with Crippen molar-refractivity contribution in [2.45, 2.75) is 5.92 Å². The van der Waals surface area contributed by atoms with Gasteiger partial charge in [0.25, 0.3) is 0 Å². The Morgan fingerprint density at radius 2 is 2.11 bits per heavy atom. The maximum Gasteiger partial charge on any atom is 0.150 e. The fourth-order valence-corrected chi connectivity index (χ4v) is 2.07. The van der Waals surface area contributed by atoms with Crippen LogP contribution < -0.4 is 4.74 Å². The molecule has 0 N–H and O–H groups in total. The quantitative estimate of drug-likeness (QED) is 0.761. The van der Waals surface area contributed by atoms with Gasteiger partial charge in [0.15, 0.2) is 0 Å². The Hall–Kier alpha value is -2.03. The normalized spacial score (nSPS) is 17.5. The minimum absolute atomic E-state index is 0.161. The molecule has 3 nitrogen and oxygen atoms in total. The molecule has 18 heavy (non-hydrogen) atoms. The summed E-state index contributed by atoms with van der Waals surface area (Å²) in [6.07, 6.45) is 7.20. The summed E-state index contributed by atoms with van der Waals surface area (Å²) in [5.74, 6) is 0.869. The number of ether oxygens (including phenoxy) is 1. The molecule has 0 saturated heterocycles. The summed E-state index contributed by atoms with van der Waals surface area (Å²) < 4.78 is 5.13. The molecule has 1 unspecified atom stereocenters. The molecule has 0 aliphatic heterocycles. The molecule has 1 atom stereocenters. The Morgan fingerprint density at radius 3 is 2.67 bits per heavy atom. The fourth-order valence-electron chi connectivity index (χ4n) is 2.07. The largest absolute Gasteiger partial charge is 0.497 e. The average Bonchev–Trinajstić information content (AvgIpc) is 2.87. The minimum atomic E-state index is 0.161. The fraction of sp³-hybridized carbons (Fsp3) is 0.267. The molecule has 0 bridgehead atoms. The summed E-state index contributed by atoms with van der Waals surface area (Å²) in [4.78, 5) is 13.2. The predicted molar refractivity (Wildman–Crippen MR) is 72.0 cm³/mol. The van der Waals surface area contributed by atoms with Gasteiger partial charge in [0.05, 0.1) is 7.11 Å². The van der Waals surface area contributed by atoms with E-state index in [9.17, 15) is 4.79 Å². The standard InChI is InChI=1S/C15H17NO2/c1-16(2)13-5-4-11(8-13)15-7-6-14(18-3)9-12(15)10-17/h4-11H,1-3H3. The number of rotatable bonds is 4. The van der Waals surface area contributed by atoms with Gasteiger partial charge in [-0.05, 0) is 29.8 Å². The maximum absolute atomic E-state index is 11.2. The molecule has 2 rings (SSSR count). The number of likely N-dealkylation sites (N-methyl/N-ethyl adjacent to an activating group) is 1. The zero-order chi connectivity index (χ0) is 13.1. The van der Waals surface area contributed by atoms with Gasteiger partial charge in [-0.2, -0.15) is 0 Å². The van der Waals surface area contributed by atoms with Crippen LogP contribution in [-0.4, -0.2) is 32.4 Å². The van der Waals surface area contributed by atoms with Gasteiger partial charge in [0.2, 0.25) is 0 Å². The van der Waals surface area contributed by atoms with Crippen LogP contribution >= 0.6 is 0 Å². The van der Waals surface area contributed by atoms with Gasteiger partial charge in [-0.3, -0.25) is 4.79 Å². The van der Waals surface area contributed by atoms with Crippen LogP contribution in [0.25, 0.3) is 0 Å². The smallest absolute Gasteiger partial charge is 0.150 e. The van der Waals surface area contributed by atoms with Gasteiger partial charge in [-0.25, -0.2) is 0 Å². The number of benzene rings is 1. The molecule has 0 saturated carbocycles. The molecule has 1 aromatic carbocycles. The molecule has 0 fully saturated rings. The van der Waals surface area contributed by atoms with Crippen LogP contribution in [0.15, 0.2) is 42.1 Å². The first-order valence-corrected chi connectivity index (χ1v) is 5.86. The summed E-state index contributed by atoms with van der Waals surface area (Å²) in [5.41, 5.74) is 2.85. The van der Waals surface area contributed by atoms with Gasteiger partial charge >= 0.3 is 0 Å². The van der Waals surface area contributed by atoms with E-state index in [4.69, 9.17) is 4.74 Å². The van der Waals surface area contributed by atoms with E-state index < -0.39 is 0 Å².